The Hall–Kier alpha value is -0.870. The minimum Gasteiger partial charge on any atom is -0.373 e. The fourth-order valence-electron chi connectivity index (χ4n) is 3.77. The lowest BCUT2D eigenvalue weighted by molar-refractivity contribution is -0.0453. The molecule has 2 unspecified atom stereocenters. The van der Waals surface area contributed by atoms with E-state index < -0.39 is 0 Å². The van der Waals surface area contributed by atoms with Gasteiger partial charge in [0, 0.05) is 44.0 Å². The van der Waals surface area contributed by atoms with Crippen LogP contribution in [0.15, 0.2) is 4.99 Å². The third-order valence-electron chi connectivity index (χ3n) is 5.36. The number of hydrogen-bond donors (Lipinski definition) is 2. The number of hydrogen-bond acceptors (Lipinski definition) is 4. The molecule has 0 radical (unpaired) electrons. The predicted molar refractivity (Wildman–Crippen MR) is 115 cm³/mol. The first-order valence-electron chi connectivity index (χ1n) is 9.45. The monoisotopic (exact) mass is 476 g/mol. The van der Waals surface area contributed by atoms with Crippen LogP contribution in [0.25, 0.3) is 0 Å². The maximum atomic E-state index is 6.02. The van der Waals surface area contributed by atoms with E-state index in [1.165, 1.54) is 30.6 Å². The van der Waals surface area contributed by atoms with Gasteiger partial charge in [-0.2, -0.15) is 5.10 Å². The minimum absolute atomic E-state index is 0. The van der Waals surface area contributed by atoms with E-state index in [0.29, 0.717) is 12.6 Å². The summed E-state index contributed by atoms with van der Waals surface area (Å²) in [4.78, 5) is 7.31. The Morgan fingerprint density at radius 1 is 1.35 bits per heavy atom. The summed E-state index contributed by atoms with van der Waals surface area (Å²) in [5.41, 5.74) is 3.43. The SMILES string of the molecule is CCNC(=NCc1c(C)nn(C)c1C)NCC1CN2CCCC2CO1.I. The molecule has 2 N–H and O–H groups in total. The van der Waals surface area contributed by atoms with Crippen molar-refractivity contribution in [2.75, 3.05) is 32.8 Å². The Morgan fingerprint density at radius 3 is 2.85 bits per heavy atom. The number of halogens is 1. The van der Waals surface area contributed by atoms with Gasteiger partial charge in [0.2, 0.25) is 0 Å². The molecule has 148 valence electrons. The number of nitrogens with zero attached hydrogens (tertiary/aromatic N) is 4. The average Bonchev–Trinajstić information content (AvgIpc) is 3.15. The molecule has 2 aliphatic heterocycles. The summed E-state index contributed by atoms with van der Waals surface area (Å²) in [7, 11) is 1.98. The highest BCUT2D eigenvalue weighted by Gasteiger charge is 2.32. The zero-order chi connectivity index (χ0) is 17.8. The highest BCUT2D eigenvalue weighted by Crippen LogP contribution is 2.22. The van der Waals surface area contributed by atoms with E-state index in [1.54, 1.807) is 0 Å². The summed E-state index contributed by atoms with van der Waals surface area (Å²) in [6, 6.07) is 0.648. The largest absolute Gasteiger partial charge is 0.373 e. The van der Waals surface area contributed by atoms with Gasteiger partial charge < -0.3 is 15.4 Å². The normalized spacial score (nSPS) is 23.5. The van der Waals surface area contributed by atoms with Crippen LogP contribution in [0.5, 0.6) is 0 Å². The molecule has 0 saturated carbocycles. The average molecular weight is 476 g/mol. The molecule has 7 nitrogen and oxygen atoms in total. The van der Waals surface area contributed by atoms with Crippen LogP contribution in [0.2, 0.25) is 0 Å². The molecule has 8 heteroatoms. The van der Waals surface area contributed by atoms with Gasteiger partial charge in [-0.1, -0.05) is 0 Å². The third-order valence-corrected chi connectivity index (χ3v) is 5.36. The number of morpholine rings is 1. The zero-order valence-electron chi connectivity index (χ0n) is 16.4. The first-order chi connectivity index (χ1) is 12.1. The topological polar surface area (TPSA) is 66.7 Å². The van der Waals surface area contributed by atoms with Crippen LogP contribution in [0.4, 0.5) is 0 Å². The fourth-order valence-corrected chi connectivity index (χ4v) is 3.77. The summed E-state index contributed by atoms with van der Waals surface area (Å²) in [5, 5.41) is 11.2. The van der Waals surface area contributed by atoms with Crippen molar-refractivity contribution >= 4 is 29.9 Å². The van der Waals surface area contributed by atoms with Crippen molar-refractivity contribution in [3.8, 4) is 0 Å². The second-order valence-corrected chi connectivity index (χ2v) is 7.10. The third kappa shape index (κ3) is 5.10. The van der Waals surface area contributed by atoms with E-state index in [-0.39, 0.29) is 30.1 Å². The molecule has 2 aliphatic rings. The number of nitrogens with one attached hydrogen (secondary N) is 2. The summed E-state index contributed by atoms with van der Waals surface area (Å²) in [5.74, 6) is 0.845. The summed E-state index contributed by atoms with van der Waals surface area (Å²) in [6.45, 7) is 11.6. The van der Waals surface area contributed by atoms with Gasteiger partial charge in [-0.05, 0) is 40.2 Å². The van der Waals surface area contributed by atoms with Gasteiger partial charge in [0.1, 0.15) is 0 Å². The van der Waals surface area contributed by atoms with Crippen molar-refractivity contribution in [2.45, 2.75) is 52.3 Å². The molecule has 2 saturated heterocycles. The second-order valence-electron chi connectivity index (χ2n) is 7.10. The van der Waals surface area contributed by atoms with E-state index >= 15 is 0 Å². The van der Waals surface area contributed by atoms with Crippen LogP contribution in [0.1, 0.15) is 36.7 Å². The van der Waals surface area contributed by atoms with E-state index in [4.69, 9.17) is 9.73 Å². The van der Waals surface area contributed by atoms with E-state index in [9.17, 15) is 0 Å². The molecular formula is C18H33IN6O. The lowest BCUT2D eigenvalue weighted by Crippen LogP contribution is -2.51. The molecule has 1 aromatic heterocycles. The second kappa shape index (κ2) is 9.89. The van der Waals surface area contributed by atoms with Gasteiger partial charge >= 0.3 is 0 Å². The highest BCUT2D eigenvalue weighted by atomic mass is 127. The maximum absolute atomic E-state index is 6.02. The van der Waals surface area contributed by atoms with Crippen LogP contribution in [-0.2, 0) is 18.3 Å². The van der Waals surface area contributed by atoms with Crippen molar-refractivity contribution in [3.05, 3.63) is 17.0 Å². The molecule has 3 rings (SSSR count). The highest BCUT2D eigenvalue weighted by molar-refractivity contribution is 14.0. The first-order valence-corrected chi connectivity index (χ1v) is 9.45. The lowest BCUT2D eigenvalue weighted by Gasteiger charge is -2.35. The van der Waals surface area contributed by atoms with Crippen molar-refractivity contribution in [2.24, 2.45) is 12.0 Å². The number of rotatable bonds is 5. The van der Waals surface area contributed by atoms with Crippen molar-refractivity contribution in [1.82, 2.24) is 25.3 Å². The molecule has 0 aromatic carbocycles. The molecule has 2 fully saturated rings. The van der Waals surface area contributed by atoms with Crippen LogP contribution < -0.4 is 10.6 Å². The Kier molecular flexibility index (Phi) is 8.15. The van der Waals surface area contributed by atoms with Crippen molar-refractivity contribution < 1.29 is 4.74 Å². The fraction of sp³-hybridized carbons (Fsp3) is 0.778. The van der Waals surface area contributed by atoms with Crippen LogP contribution in [-0.4, -0.2) is 65.6 Å². The summed E-state index contributed by atoms with van der Waals surface area (Å²) in [6.07, 6.45) is 2.83. The van der Waals surface area contributed by atoms with Gasteiger partial charge in [-0.3, -0.25) is 9.58 Å². The smallest absolute Gasteiger partial charge is 0.191 e. The standard InChI is InChI=1S/C18H32N6O.HI/c1-5-19-18(21-10-17-13(2)22-23(4)14(17)3)20-9-16-11-24-8-6-7-15(24)12-25-16;/h15-16H,5-12H2,1-4H3,(H2,19,20,21);1H. The quantitative estimate of drug-likeness (QED) is 0.384. The van der Waals surface area contributed by atoms with Crippen LogP contribution >= 0.6 is 24.0 Å². The molecule has 0 bridgehead atoms. The maximum Gasteiger partial charge on any atom is 0.191 e. The number of aromatic nitrogens is 2. The molecule has 2 atom stereocenters. The molecular weight excluding hydrogens is 443 g/mol. The van der Waals surface area contributed by atoms with Gasteiger partial charge in [0.05, 0.1) is 24.9 Å². The Morgan fingerprint density at radius 2 is 2.15 bits per heavy atom. The van der Waals surface area contributed by atoms with Crippen LogP contribution in [0, 0.1) is 13.8 Å². The molecule has 26 heavy (non-hydrogen) atoms. The van der Waals surface area contributed by atoms with E-state index in [0.717, 1.165) is 37.9 Å². The van der Waals surface area contributed by atoms with Gasteiger partial charge in [0.25, 0.3) is 0 Å². The number of guanidine groups is 1. The molecule has 0 spiro atoms. The molecule has 1 aromatic rings. The van der Waals surface area contributed by atoms with Gasteiger partial charge in [0.15, 0.2) is 5.96 Å². The first kappa shape index (κ1) is 21.4. The number of aryl methyl sites for hydroxylation is 2. The zero-order valence-corrected chi connectivity index (χ0v) is 18.7. The molecule has 0 amide bonds. The molecule has 0 aliphatic carbocycles. The number of fused-ring (bicyclic) bond motifs is 1. The minimum atomic E-state index is 0. The van der Waals surface area contributed by atoms with E-state index in [2.05, 4.69) is 34.5 Å². The summed E-state index contributed by atoms with van der Waals surface area (Å²) < 4.78 is 7.94. The predicted octanol–water partition coefficient (Wildman–Crippen LogP) is 1.57. The Labute approximate surface area is 174 Å². The lowest BCUT2D eigenvalue weighted by atomic mass is 10.2. The number of aliphatic imine (C=N–C) groups is 1. The molecule has 3 heterocycles. The Bertz CT molecular complexity index is 617. The van der Waals surface area contributed by atoms with Crippen LogP contribution in [0.3, 0.4) is 0 Å². The van der Waals surface area contributed by atoms with E-state index in [1.807, 2.05) is 18.7 Å². The van der Waals surface area contributed by atoms with Crippen molar-refractivity contribution in [1.29, 1.82) is 0 Å². The van der Waals surface area contributed by atoms with Gasteiger partial charge in [-0.15, -0.1) is 24.0 Å². The summed E-state index contributed by atoms with van der Waals surface area (Å²) >= 11 is 0. The number of ether oxygens (including phenoxy) is 1. The van der Waals surface area contributed by atoms with Gasteiger partial charge in [-0.25, -0.2) is 4.99 Å². The Balaban J connectivity index is 0.00000243. The van der Waals surface area contributed by atoms with Crippen molar-refractivity contribution in [3.63, 3.8) is 0 Å².